The molecule has 2 N–H and O–H groups in total. The standard InChI is InChI=1S/C16H21N3O/c1-12-8-9-13(2)19(12)18-16(20)15-7-5-4-6-14(15)10-11-17-3/h4-9,17H,10-11H2,1-3H3,(H,18,20). The summed E-state index contributed by atoms with van der Waals surface area (Å²) in [6.45, 7) is 4.80. The van der Waals surface area contributed by atoms with Crippen LogP contribution in [0.3, 0.4) is 0 Å². The molecular formula is C16H21N3O. The molecule has 2 aromatic rings. The number of carbonyl (C=O) groups is 1. The Bertz CT molecular complexity index is 582. The maximum Gasteiger partial charge on any atom is 0.270 e. The fourth-order valence-corrected chi connectivity index (χ4v) is 2.23. The highest BCUT2D eigenvalue weighted by molar-refractivity contribution is 6.01. The first-order valence-electron chi connectivity index (χ1n) is 6.82. The van der Waals surface area contributed by atoms with Crippen LogP contribution in [0.2, 0.25) is 0 Å². The van der Waals surface area contributed by atoms with Gasteiger partial charge in [0.15, 0.2) is 0 Å². The fourth-order valence-electron chi connectivity index (χ4n) is 2.23. The molecule has 1 aromatic carbocycles. The second kappa shape index (κ2) is 6.39. The van der Waals surface area contributed by atoms with Crippen LogP contribution in [0, 0.1) is 13.8 Å². The number of carbonyl (C=O) groups excluding carboxylic acids is 1. The Hall–Kier alpha value is -2.07. The van der Waals surface area contributed by atoms with Gasteiger partial charge in [-0.25, -0.2) is 0 Å². The quantitative estimate of drug-likeness (QED) is 0.876. The van der Waals surface area contributed by atoms with Crippen molar-refractivity contribution in [2.24, 2.45) is 0 Å². The lowest BCUT2D eigenvalue weighted by Crippen LogP contribution is -2.26. The zero-order valence-electron chi connectivity index (χ0n) is 12.2. The number of amides is 1. The van der Waals surface area contributed by atoms with E-state index in [0.717, 1.165) is 35.5 Å². The molecule has 4 heteroatoms. The van der Waals surface area contributed by atoms with Crippen LogP contribution >= 0.6 is 0 Å². The Morgan fingerprint density at radius 2 is 1.75 bits per heavy atom. The number of nitrogens with one attached hydrogen (secondary N) is 2. The van der Waals surface area contributed by atoms with Crippen molar-refractivity contribution >= 4 is 5.91 Å². The number of rotatable bonds is 5. The minimum Gasteiger partial charge on any atom is -0.319 e. The van der Waals surface area contributed by atoms with E-state index in [0.29, 0.717) is 0 Å². The van der Waals surface area contributed by atoms with Crippen LogP contribution in [0.5, 0.6) is 0 Å². The van der Waals surface area contributed by atoms with E-state index in [1.165, 1.54) is 0 Å². The Kier molecular flexibility index (Phi) is 4.58. The number of nitrogens with zero attached hydrogens (tertiary/aromatic N) is 1. The van der Waals surface area contributed by atoms with Gasteiger partial charge in [0.2, 0.25) is 0 Å². The van der Waals surface area contributed by atoms with Crippen LogP contribution in [0.25, 0.3) is 0 Å². The number of likely N-dealkylation sites (N-methyl/N-ethyl adjacent to an activating group) is 1. The fraction of sp³-hybridized carbons (Fsp3) is 0.312. The summed E-state index contributed by atoms with van der Waals surface area (Å²) in [6, 6.07) is 11.7. The van der Waals surface area contributed by atoms with Crippen molar-refractivity contribution in [3.63, 3.8) is 0 Å². The predicted molar refractivity (Wildman–Crippen MR) is 81.7 cm³/mol. The van der Waals surface area contributed by atoms with E-state index in [1.54, 1.807) is 0 Å². The van der Waals surface area contributed by atoms with Gasteiger partial charge in [0, 0.05) is 17.0 Å². The van der Waals surface area contributed by atoms with Gasteiger partial charge in [-0.15, -0.1) is 0 Å². The van der Waals surface area contributed by atoms with Crippen molar-refractivity contribution in [2.75, 3.05) is 19.0 Å². The molecule has 1 aromatic heterocycles. The van der Waals surface area contributed by atoms with Crippen LogP contribution in [0.4, 0.5) is 0 Å². The molecule has 0 saturated carbocycles. The number of benzene rings is 1. The largest absolute Gasteiger partial charge is 0.319 e. The second-order valence-electron chi connectivity index (χ2n) is 4.90. The topological polar surface area (TPSA) is 46.1 Å². The van der Waals surface area contributed by atoms with E-state index in [1.807, 2.05) is 62.0 Å². The summed E-state index contributed by atoms with van der Waals surface area (Å²) in [6.07, 6.45) is 0.837. The first kappa shape index (κ1) is 14.3. The van der Waals surface area contributed by atoms with Gasteiger partial charge in [0.05, 0.1) is 0 Å². The minimum atomic E-state index is -0.0703. The summed E-state index contributed by atoms with van der Waals surface area (Å²) in [5.41, 5.74) is 6.77. The predicted octanol–water partition coefficient (Wildman–Crippen LogP) is 2.25. The summed E-state index contributed by atoms with van der Waals surface area (Å²) < 4.78 is 1.82. The molecule has 1 heterocycles. The van der Waals surface area contributed by atoms with Crippen molar-refractivity contribution in [1.82, 2.24) is 9.99 Å². The van der Waals surface area contributed by atoms with Crippen molar-refractivity contribution in [2.45, 2.75) is 20.3 Å². The van der Waals surface area contributed by atoms with Gasteiger partial charge in [-0.1, -0.05) is 18.2 Å². The smallest absolute Gasteiger partial charge is 0.270 e. The Morgan fingerprint density at radius 3 is 2.40 bits per heavy atom. The van der Waals surface area contributed by atoms with E-state index >= 15 is 0 Å². The molecule has 4 nitrogen and oxygen atoms in total. The van der Waals surface area contributed by atoms with Gasteiger partial charge < -0.3 is 5.32 Å². The highest BCUT2D eigenvalue weighted by Gasteiger charge is 2.12. The van der Waals surface area contributed by atoms with Gasteiger partial charge in [0.25, 0.3) is 5.91 Å². The van der Waals surface area contributed by atoms with E-state index in [2.05, 4.69) is 10.7 Å². The van der Waals surface area contributed by atoms with Gasteiger partial charge in [0.1, 0.15) is 0 Å². The van der Waals surface area contributed by atoms with E-state index in [4.69, 9.17) is 0 Å². The first-order valence-corrected chi connectivity index (χ1v) is 6.82. The molecule has 0 spiro atoms. The molecular weight excluding hydrogens is 250 g/mol. The lowest BCUT2D eigenvalue weighted by Gasteiger charge is -2.13. The molecule has 20 heavy (non-hydrogen) atoms. The van der Waals surface area contributed by atoms with E-state index < -0.39 is 0 Å². The molecule has 0 aliphatic carbocycles. The molecule has 0 saturated heterocycles. The van der Waals surface area contributed by atoms with E-state index in [9.17, 15) is 4.79 Å². The van der Waals surface area contributed by atoms with Gasteiger partial charge in [-0.2, -0.15) is 0 Å². The number of hydrogen-bond acceptors (Lipinski definition) is 2. The number of hydrogen-bond donors (Lipinski definition) is 2. The first-order chi connectivity index (χ1) is 9.63. The van der Waals surface area contributed by atoms with E-state index in [-0.39, 0.29) is 5.91 Å². The van der Waals surface area contributed by atoms with Gasteiger partial charge in [-0.3, -0.25) is 14.9 Å². The van der Waals surface area contributed by atoms with Crippen molar-refractivity contribution in [1.29, 1.82) is 0 Å². The summed E-state index contributed by atoms with van der Waals surface area (Å²) in [7, 11) is 1.91. The van der Waals surface area contributed by atoms with Crippen LogP contribution in [0.15, 0.2) is 36.4 Å². The van der Waals surface area contributed by atoms with Crippen LogP contribution in [0.1, 0.15) is 27.3 Å². The average Bonchev–Trinajstić information content (AvgIpc) is 2.77. The lowest BCUT2D eigenvalue weighted by molar-refractivity contribution is 0.101. The normalized spacial score (nSPS) is 10.6. The zero-order valence-corrected chi connectivity index (χ0v) is 12.2. The zero-order chi connectivity index (χ0) is 14.5. The Labute approximate surface area is 119 Å². The molecule has 0 aliphatic rings. The van der Waals surface area contributed by atoms with Crippen molar-refractivity contribution < 1.29 is 4.79 Å². The maximum absolute atomic E-state index is 12.4. The molecule has 2 rings (SSSR count). The molecule has 0 aliphatic heterocycles. The molecule has 0 atom stereocenters. The Balaban J connectivity index is 2.21. The van der Waals surface area contributed by atoms with Crippen molar-refractivity contribution in [3.05, 3.63) is 58.9 Å². The third kappa shape index (κ3) is 3.08. The highest BCUT2D eigenvalue weighted by Crippen LogP contribution is 2.11. The molecule has 0 radical (unpaired) electrons. The highest BCUT2D eigenvalue weighted by atomic mass is 16.2. The molecule has 0 fully saturated rings. The molecule has 0 bridgehead atoms. The van der Waals surface area contributed by atoms with Crippen LogP contribution in [-0.4, -0.2) is 24.2 Å². The number of aromatic nitrogens is 1. The lowest BCUT2D eigenvalue weighted by atomic mass is 10.0. The van der Waals surface area contributed by atoms with Gasteiger partial charge >= 0.3 is 0 Å². The summed E-state index contributed by atoms with van der Waals surface area (Å²) in [5.74, 6) is -0.0703. The molecule has 106 valence electrons. The third-order valence-corrected chi connectivity index (χ3v) is 3.39. The molecule has 1 amide bonds. The van der Waals surface area contributed by atoms with Crippen LogP contribution < -0.4 is 10.7 Å². The SMILES string of the molecule is CNCCc1ccccc1C(=O)Nn1c(C)ccc1C. The summed E-state index contributed by atoms with van der Waals surface area (Å²) >= 11 is 0. The number of aryl methyl sites for hydroxylation is 2. The minimum absolute atomic E-state index is 0.0703. The Morgan fingerprint density at radius 1 is 1.10 bits per heavy atom. The maximum atomic E-state index is 12.4. The molecule has 0 unspecified atom stereocenters. The third-order valence-electron chi connectivity index (χ3n) is 3.39. The summed E-state index contributed by atoms with van der Waals surface area (Å²) in [4.78, 5) is 12.4. The average molecular weight is 271 g/mol. The second-order valence-corrected chi connectivity index (χ2v) is 4.90. The summed E-state index contributed by atoms with van der Waals surface area (Å²) in [5, 5.41) is 3.11. The van der Waals surface area contributed by atoms with Crippen LogP contribution in [-0.2, 0) is 6.42 Å². The van der Waals surface area contributed by atoms with Crippen molar-refractivity contribution in [3.8, 4) is 0 Å². The van der Waals surface area contributed by atoms with Gasteiger partial charge in [-0.05, 0) is 57.6 Å². The monoisotopic (exact) mass is 271 g/mol.